The average molecular weight is 275 g/mol. The lowest BCUT2D eigenvalue weighted by Crippen LogP contribution is -2.00. The Labute approximate surface area is 121 Å². The van der Waals surface area contributed by atoms with Crippen LogP contribution in [0.3, 0.4) is 0 Å². The van der Waals surface area contributed by atoms with Crippen LogP contribution in [0.5, 0.6) is 0 Å². The molecule has 1 aromatic carbocycles. The number of benzene rings is 1. The van der Waals surface area contributed by atoms with Gasteiger partial charge in [-0.05, 0) is 12.1 Å². The van der Waals surface area contributed by atoms with Gasteiger partial charge in [-0.1, -0.05) is 30.3 Å². The molecule has 102 valence electrons. The maximum absolute atomic E-state index is 4.42. The Morgan fingerprint density at radius 3 is 2.67 bits per heavy atom. The van der Waals surface area contributed by atoms with Crippen LogP contribution in [-0.2, 0) is 0 Å². The van der Waals surface area contributed by atoms with E-state index in [0.29, 0.717) is 0 Å². The van der Waals surface area contributed by atoms with Crippen LogP contribution < -0.4 is 5.32 Å². The summed E-state index contributed by atoms with van der Waals surface area (Å²) < 4.78 is 2.02. The number of imidazole rings is 1. The number of pyridine rings is 1. The second-order valence-corrected chi connectivity index (χ2v) is 4.76. The maximum Gasteiger partial charge on any atom is 0.156 e. The molecule has 0 atom stereocenters. The van der Waals surface area contributed by atoms with Gasteiger partial charge in [0.1, 0.15) is 11.3 Å². The Balaban J connectivity index is 2.10. The standard InChI is InChI=1S/C16H13N5/c1-17-16-12-6-3-2-5-11(12)15(19-20-16)13-7-4-8-14-18-9-10-21(13)14/h2-10H,1H3,(H,17,20). The van der Waals surface area contributed by atoms with Crippen LogP contribution in [0.1, 0.15) is 0 Å². The zero-order chi connectivity index (χ0) is 14.2. The van der Waals surface area contributed by atoms with E-state index in [4.69, 9.17) is 0 Å². The zero-order valence-electron chi connectivity index (χ0n) is 11.5. The van der Waals surface area contributed by atoms with E-state index in [-0.39, 0.29) is 0 Å². The van der Waals surface area contributed by atoms with E-state index in [0.717, 1.165) is 33.6 Å². The van der Waals surface area contributed by atoms with Crippen molar-refractivity contribution in [3.63, 3.8) is 0 Å². The van der Waals surface area contributed by atoms with Crippen LogP contribution in [-0.4, -0.2) is 26.6 Å². The van der Waals surface area contributed by atoms with Crippen LogP contribution in [0.15, 0.2) is 54.9 Å². The van der Waals surface area contributed by atoms with Gasteiger partial charge >= 0.3 is 0 Å². The molecule has 0 bridgehead atoms. The van der Waals surface area contributed by atoms with Gasteiger partial charge in [0, 0.05) is 30.2 Å². The molecule has 0 aliphatic heterocycles. The van der Waals surface area contributed by atoms with E-state index in [1.165, 1.54) is 0 Å². The van der Waals surface area contributed by atoms with Crippen LogP contribution in [0.2, 0.25) is 0 Å². The van der Waals surface area contributed by atoms with Crippen molar-refractivity contribution < 1.29 is 0 Å². The van der Waals surface area contributed by atoms with Crippen molar-refractivity contribution in [2.75, 3.05) is 12.4 Å². The highest BCUT2D eigenvalue weighted by atomic mass is 15.2. The fourth-order valence-corrected chi connectivity index (χ4v) is 2.62. The number of nitrogens with one attached hydrogen (secondary N) is 1. The lowest BCUT2D eigenvalue weighted by atomic mass is 10.1. The number of hydrogen-bond donors (Lipinski definition) is 1. The molecule has 0 aliphatic carbocycles. The first-order valence-electron chi connectivity index (χ1n) is 6.74. The molecule has 5 heteroatoms. The molecule has 3 heterocycles. The van der Waals surface area contributed by atoms with Gasteiger partial charge in [-0.25, -0.2) is 4.98 Å². The average Bonchev–Trinajstić information content (AvgIpc) is 3.02. The summed E-state index contributed by atoms with van der Waals surface area (Å²) in [7, 11) is 1.85. The molecule has 4 rings (SSSR count). The van der Waals surface area contributed by atoms with Crippen LogP contribution in [0, 0.1) is 0 Å². The highest BCUT2D eigenvalue weighted by molar-refractivity contribution is 5.99. The Morgan fingerprint density at radius 1 is 0.952 bits per heavy atom. The second-order valence-electron chi connectivity index (χ2n) is 4.76. The summed E-state index contributed by atoms with van der Waals surface area (Å²) in [5, 5.41) is 13.9. The maximum atomic E-state index is 4.42. The SMILES string of the molecule is CNc1nnc(-c2cccc3nccn23)c2ccccc12. The van der Waals surface area contributed by atoms with Gasteiger partial charge in [-0.2, -0.15) is 0 Å². The fourth-order valence-electron chi connectivity index (χ4n) is 2.62. The summed E-state index contributed by atoms with van der Waals surface area (Å²) in [6, 6.07) is 14.1. The molecular weight excluding hydrogens is 262 g/mol. The lowest BCUT2D eigenvalue weighted by Gasteiger charge is -2.10. The summed E-state index contributed by atoms with van der Waals surface area (Å²) in [6.07, 6.45) is 3.73. The molecule has 1 N–H and O–H groups in total. The van der Waals surface area contributed by atoms with Crippen LogP contribution in [0.4, 0.5) is 5.82 Å². The molecule has 21 heavy (non-hydrogen) atoms. The molecule has 0 saturated heterocycles. The highest BCUT2D eigenvalue weighted by Gasteiger charge is 2.12. The molecule has 0 fully saturated rings. The molecule has 4 aromatic rings. The zero-order valence-corrected chi connectivity index (χ0v) is 11.5. The number of rotatable bonds is 2. The van der Waals surface area contributed by atoms with Gasteiger partial charge in [0.2, 0.25) is 0 Å². The quantitative estimate of drug-likeness (QED) is 0.611. The fraction of sp³-hybridized carbons (Fsp3) is 0.0625. The predicted octanol–water partition coefficient (Wildman–Crippen LogP) is 2.99. The first-order chi connectivity index (χ1) is 10.4. The first-order valence-corrected chi connectivity index (χ1v) is 6.74. The van der Waals surface area contributed by atoms with Crippen molar-refractivity contribution in [2.24, 2.45) is 0 Å². The third-order valence-corrected chi connectivity index (χ3v) is 3.60. The molecule has 0 amide bonds. The first kappa shape index (κ1) is 11.8. The normalized spacial score (nSPS) is 11.1. The number of fused-ring (bicyclic) bond motifs is 2. The molecule has 0 aliphatic rings. The van der Waals surface area contributed by atoms with E-state index in [1.807, 2.05) is 54.0 Å². The van der Waals surface area contributed by atoms with E-state index >= 15 is 0 Å². The van der Waals surface area contributed by atoms with E-state index in [2.05, 4.69) is 26.6 Å². The van der Waals surface area contributed by atoms with Gasteiger partial charge in [0.15, 0.2) is 5.82 Å². The molecule has 0 spiro atoms. The Morgan fingerprint density at radius 2 is 1.81 bits per heavy atom. The van der Waals surface area contributed by atoms with Crippen molar-refractivity contribution in [3.8, 4) is 11.4 Å². The number of hydrogen-bond acceptors (Lipinski definition) is 4. The largest absolute Gasteiger partial charge is 0.371 e. The molecule has 3 aromatic heterocycles. The monoisotopic (exact) mass is 275 g/mol. The number of aromatic nitrogens is 4. The summed E-state index contributed by atoms with van der Waals surface area (Å²) in [5.41, 5.74) is 2.74. The number of anilines is 1. The molecule has 0 radical (unpaired) electrons. The molecule has 0 saturated carbocycles. The van der Waals surface area contributed by atoms with Gasteiger partial charge in [-0.15, -0.1) is 10.2 Å². The van der Waals surface area contributed by atoms with Crippen molar-refractivity contribution in [2.45, 2.75) is 0 Å². The number of nitrogens with zero attached hydrogens (tertiary/aromatic N) is 4. The minimum absolute atomic E-state index is 0.784. The van der Waals surface area contributed by atoms with Crippen molar-refractivity contribution in [1.82, 2.24) is 19.6 Å². The third-order valence-electron chi connectivity index (χ3n) is 3.60. The summed E-state index contributed by atoms with van der Waals surface area (Å²) >= 11 is 0. The second kappa shape index (κ2) is 4.56. The van der Waals surface area contributed by atoms with E-state index < -0.39 is 0 Å². The molecule has 5 nitrogen and oxygen atoms in total. The Bertz CT molecular complexity index is 942. The van der Waals surface area contributed by atoms with Crippen molar-refractivity contribution in [1.29, 1.82) is 0 Å². The summed E-state index contributed by atoms with van der Waals surface area (Å²) in [5.74, 6) is 0.784. The minimum atomic E-state index is 0.784. The summed E-state index contributed by atoms with van der Waals surface area (Å²) in [4.78, 5) is 4.32. The Kier molecular flexibility index (Phi) is 2.57. The molecule has 0 unspecified atom stereocenters. The van der Waals surface area contributed by atoms with Gasteiger partial charge in [0.25, 0.3) is 0 Å². The van der Waals surface area contributed by atoms with E-state index in [1.54, 1.807) is 6.20 Å². The highest BCUT2D eigenvalue weighted by Crippen LogP contribution is 2.29. The van der Waals surface area contributed by atoms with Gasteiger partial charge < -0.3 is 5.32 Å². The van der Waals surface area contributed by atoms with Crippen molar-refractivity contribution in [3.05, 3.63) is 54.9 Å². The predicted molar refractivity (Wildman–Crippen MR) is 83.3 cm³/mol. The summed E-state index contributed by atoms with van der Waals surface area (Å²) in [6.45, 7) is 0. The van der Waals surface area contributed by atoms with Crippen LogP contribution in [0.25, 0.3) is 27.8 Å². The van der Waals surface area contributed by atoms with Gasteiger partial charge in [-0.3, -0.25) is 4.40 Å². The van der Waals surface area contributed by atoms with Gasteiger partial charge in [0.05, 0.1) is 5.69 Å². The molecular formula is C16H13N5. The van der Waals surface area contributed by atoms with E-state index in [9.17, 15) is 0 Å². The van der Waals surface area contributed by atoms with Crippen molar-refractivity contribution >= 4 is 22.2 Å². The smallest absolute Gasteiger partial charge is 0.156 e. The Hall–Kier alpha value is -2.95. The third kappa shape index (κ3) is 1.74. The van der Waals surface area contributed by atoms with Crippen LogP contribution >= 0.6 is 0 Å². The minimum Gasteiger partial charge on any atom is -0.371 e. The lowest BCUT2D eigenvalue weighted by molar-refractivity contribution is 1.04. The topological polar surface area (TPSA) is 55.1 Å².